The Morgan fingerprint density at radius 2 is 1.92 bits per heavy atom. The molecule has 2 heterocycles. The van der Waals surface area contributed by atoms with Crippen LogP contribution in [-0.2, 0) is 0 Å². The van der Waals surface area contributed by atoms with Gasteiger partial charge in [-0.25, -0.2) is 4.98 Å². The van der Waals surface area contributed by atoms with Crippen LogP contribution in [0.4, 0.5) is 5.82 Å². The second kappa shape index (κ2) is 7.81. The van der Waals surface area contributed by atoms with E-state index in [2.05, 4.69) is 74.3 Å². The Hall–Kier alpha value is -1.17. The third kappa shape index (κ3) is 3.58. The molecule has 1 aromatic carbocycles. The fourth-order valence-corrected chi connectivity index (χ4v) is 4.15. The van der Waals surface area contributed by atoms with Crippen LogP contribution in [0.1, 0.15) is 26.7 Å². The summed E-state index contributed by atoms with van der Waals surface area (Å²) in [5.41, 5.74) is 2.34. The number of rotatable bonds is 6. The van der Waals surface area contributed by atoms with Crippen LogP contribution in [0.5, 0.6) is 0 Å². The zero-order chi connectivity index (χ0) is 17.1. The molecular weight excluding hydrogens is 406 g/mol. The number of halogens is 2. The second-order valence-electron chi connectivity index (χ2n) is 5.59. The number of benzene rings is 1. The van der Waals surface area contributed by atoms with Gasteiger partial charge in [0.2, 0.25) is 5.28 Å². The molecule has 0 aliphatic heterocycles. The summed E-state index contributed by atoms with van der Waals surface area (Å²) in [5.74, 6) is 0.945. The number of thiophene rings is 1. The van der Waals surface area contributed by atoms with Crippen molar-refractivity contribution in [1.82, 2.24) is 9.97 Å². The molecule has 126 valence electrons. The summed E-state index contributed by atoms with van der Waals surface area (Å²) in [5, 5.41) is 3.57. The van der Waals surface area contributed by atoms with Gasteiger partial charge in [0.1, 0.15) is 10.6 Å². The molecule has 0 saturated heterocycles. The number of aromatic nitrogens is 2. The lowest BCUT2D eigenvalue weighted by atomic mass is 10.1. The maximum absolute atomic E-state index is 6.19. The fourth-order valence-electron chi connectivity index (χ4n) is 2.73. The van der Waals surface area contributed by atoms with Crippen LogP contribution in [0.3, 0.4) is 0 Å². The predicted molar refractivity (Wildman–Crippen MR) is 108 cm³/mol. The lowest BCUT2D eigenvalue weighted by molar-refractivity contribution is 0.726. The Balaban J connectivity index is 2.16. The largest absolute Gasteiger partial charge is 0.356 e. The zero-order valence-electron chi connectivity index (χ0n) is 13.7. The van der Waals surface area contributed by atoms with E-state index in [1.165, 1.54) is 11.1 Å². The Kier molecular flexibility index (Phi) is 5.74. The van der Waals surface area contributed by atoms with Crippen LogP contribution in [0, 0.1) is 0 Å². The van der Waals surface area contributed by atoms with Gasteiger partial charge in [-0.2, -0.15) is 4.98 Å². The summed E-state index contributed by atoms with van der Waals surface area (Å²) in [4.78, 5) is 12.3. The topological polar surface area (TPSA) is 29.0 Å². The Morgan fingerprint density at radius 3 is 2.58 bits per heavy atom. The first-order valence-corrected chi connectivity index (χ1v) is 10.1. The minimum atomic E-state index is 0.316. The highest BCUT2D eigenvalue weighted by Crippen LogP contribution is 2.39. The lowest BCUT2D eigenvalue weighted by Gasteiger charge is -2.23. The predicted octanol–water partition coefficient (Wildman–Crippen LogP) is 6.40. The molecule has 0 aliphatic rings. The van der Waals surface area contributed by atoms with Crippen molar-refractivity contribution in [3.8, 4) is 11.1 Å². The van der Waals surface area contributed by atoms with Crippen molar-refractivity contribution < 1.29 is 0 Å². The fraction of sp³-hybridized carbons (Fsp3) is 0.333. The summed E-state index contributed by atoms with van der Waals surface area (Å²) < 4.78 is 1.07. The van der Waals surface area contributed by atoms with Crippen molar-refractivity contribution in [2.24, 2.45) is 0 Å². The normalized spacial score (nSPS) is 11.2. The number of unbranched alkanes of at least 4 members (excludes halogenated alkanes) is 1. The molecule has 3 aromatic rings. The molecule has 0 bridgehead atoms. The molecule has 3 rings (SSSR count). The quantitative estimate of drug-likeness (QED) is 0.429. The standard InChI is InChI=1S/C18H19BrClN3S/c1-3-5-10-23(4-2)16-15-14(12-6-8-13(19)9-7-12)11-24-17(15)22-18(20)21-16/h6-9,11H,3-5,10H2,1-2H3. The van der Waals surface area contributed by atoms with Crippen LogP contribution < -0.4 is 4.90 Å². The van der Waals surface area contributed by atoms with Gasteiger partial charge in [0.25, 0.3) is 0 Å². The first-order valence-electron chi connectivity index (χ1n) is 8.09. The average Bonchev–Trinajstić information content (AvgIpc) is 2.99. The van der Waals surface area contributed by atoms with Gasteiger partial charge in [-0.05, 0) is 42.6 Å². The molecule has 0 fully saturated rings. The van der Waals surface area contributed by atoms with Crippen LogP contribution >= 0.6 is 38.9 Å². The Bertz CT molecular complexity index is 832. The number of nitrogens with zero attached hydrogens (tertiary/aromatic N) is 3. The van der Waals surface area contributed by atoms with E-state index in [1.807, 2.05) is 0 Å². The minimum Gasteiger partial charge on any atom is -0.356 e. The number of hydrogen-bond acceptors (Lipinski definition) is 4. The molecule has 0 unspecified atom stereocenters. The number of hydrogen-bond donors (Lipinski definition) is 0. The summed E-state index contributed by atoms with van der Waals surface area (Å²) in [6.07, 6.45) is 2.29. The van der Waals surface area contributed by atoms with Crippen molar-refractivity contribution in [1.29, 1.82) is 0 Å². The molecule has 0 radical (unpaired) electrons. The average molecular weight is 425 g/mol. The Labute approximate surface area is 159 Å². The Morgan fingerprint density at radius 1 is 1.17 bits per heavy atom. The SMILES string of the molecule is CCCCN(CC)c1nc(Cl)nc2scc(-c3ccc(Br)cc3)c12. The maximum atomic E-state index is 6.19. The van der Waals surface area contributed by atoms with E-state index < -0.39 is 0 Å². The lowest BCUT2D eigenvalue weighted by Crippen LogP contribution is -2.25. The molecular formula is C18H19BrClN3S. The van der Waals surface area contributed by atoms with E-state index in [9.17, 15) is 0 Å². The molecule has 0 atom stereocenters. The van der Waals surface area contributed by atoms with E-state index >= 15 is 0 Å². The highest BCUT2D eigenvalue weighted by molar-refractivity contribution is 9.10. The van der Waals surface area contributed by atoms with Crippen LogP contribution in [0.2, 0.25) is 5.28 Å². The molecule has 0 spiro atoms. The van der Waals surface area contributed by atoms with Crippen molar-refractivity contribution in [2.75, 3.05) is 18.0 Å². The third-order valence-electron chi connectivity index (χ3n) is 4.01. The van der Waals surface area contributed by atoms with Crippen molar-refractivity contribution in [3.63, 3.8) is 0 Å². The van der Waals surface area contributed by atoms with Gasteiger partial charge in [-0.1, -0.05) is 41.4 Å². The molecule has 0 aliphatic carbocycles. The van der Waals surface area contributed by atoms with Crippen LogP contribution in [0.15, 0.2) is 34.1 Å². The van der Waals surface area contributed by atoms with Gasteiger partial charge in [-0.15, -0.1) is 11.3 Å². The monoisotopic (exact) mass is 423 g/mol. The number of fused-ring (bicyclic) bond motifs is 1. The maximum Gasteiger partial charge on any atom is 0.225 e. The smallest absolute Gasteiger partial charge is 0.225 e. The van der Waals surface area contributed by atoms with Crippen LogP contribution in [0.25, 0.3) is 21.3 Å². The highest BCUT2D eigenvalue weighted by Gasteiger charge is 2.18. The van der Waals surface area contributed by atoms with Gasteiger partial charge in [0.15, 0.2) is 0 Å². The van der Waals surface area contributed by atoms with E-state index in [4.69, 9.17) is 11.6 Å². The molecule has 2 aromatic heterocycles. The van der Waals surface area contributed by atoms with Crippen molar-refractivity contribution in [2.45, 2.75) is 26.7 Å². The summed E-state index contributed by atoms with van der Waals surface area (Å²) in [6, 6.07) is 8.35. The first-order chi connectivity index (χ1) is 11.6. The third-order valence-corrected chi connectivity index (χ3v) is 5.58. The van der Waals surface area contributed by atoms with Gasteiger partial charge >= 0.3 is 0 Å². The highest BCUT2D eigenvalue weighted by atomic mass is 79.9. The summed E-state index contributed by atoms with van der Waals surface area (Å²) >= 11 is 11.3. The van der Waals surface area contributed by atoms with Gasteiger partial charge < -0.3 is 4.90 Å². The van der Waals surface area contributed by atoms with E-state index in [-0.39, 0.29) is 0 Å². The van der Waals surface area contributed by atoms with E-state index in [1.54, 1.807) is 11.3 Å². The zero-order valence-corrected chi connectivity index (χ0v) is 16.9. The van der Waals surface area contributed by atoms with E-state index in [0.29, 0.717) is 5.28 Å². The van der Waals surface area contributed by atoms with Crippen molar-refractivity contribution >= 4 is 54.9 Å². The second-order valence-corrected chi connectivity index (χ2v) is 7.70. The molecule has 3 nitrogen and oxygen atoms in total. The summed E-state index contributed by atoms with van der Waals surface area (Å²) in [7, 11) is 0. The number of anilines is 1. The molecule has 0 N–H and O–H groups in total. The van der Waals surface area contributed by atoms with Crippen molar-refractivity contribution in [3.05, 3.63) is 39.4 Å². The van der Waals surface area contributed by atoms with E-state index in [0.717, 1.165) is 46.4 Å². The van der Waals surface area contributed by atoms with Gasteiger partial charge in [0.05, 0.1) is 5.39 Å². The molecule has 24 heavy (non-hydrogen) atoms. The minimum absolute atomic E-state index is 0.316. The van der Waals surface area contributed by atoms with Gasteiger partial charge in [0, 0.05) is 28.5 Å². The molecule has 6 heteroatoms. The summed E-state index contributed by atoms with van der Waals surface area (Å²) in [6.45, 7) is 6.24. The van der Waals surface area contributed by atoms with Crippen LogP contribution in [-0.4, -0.2) is 23.1 Å². The molecule has 0 saturated carbocycles. The first kappa shape index (κ1) is 17.6. The molecule has 0 amide bonds. The van der Waals surface area contributed by atoms with Gasteiger partial charge in [-0.3, -0.25) is 0 Å².